The zero-order valence-corrected chi connectivity index (χ0v) is 11.0. The highest BCUT2D eigenvalue weighted by molar-refractivity contribution is 5.50. The number of aliphatic hydroxyl groups is 2. The van der Waals surface area contributed by atoms with Gasteiger partial charge in [-0.15, -0.1) is 0 Å². The van der Waals surface area contributed by atoms with E-state index < -0.39 is 16.8 Å². The predicted octanol–water partition coefficient (Wildman–Crippen LogP) is 1.99. The molecule has 0 radical (unpaired) electrons. The molecule has 0 saturated carbocycles. The third-order valence-electron chi connectivity index (χ3n) is 4.04. The minimum absolute atomic E-state index is 0.0917. The first-order chi connectivity index (χ1) is 8.37. The summed E-state index contributed by atoms with van der Waals surface area (Å²) in [5.41, 5.74) is -0.345. The molecule has 0 fully saturated rings. The number of hydrogen-bond acceptors (Lipinski definition) is 3. The Labute approximate surface area is 106 Å². The molecule has 1 atom stereocenters. The van der Waals surface area contributed by atoms with Gasteiger partial charge >= 0.3 is 0 Å². The Hall–Kier alpha value is -1.13. The van der Waals surface area contributed by atoms with Crippen LogP contribution in [0.2, 0.25) is 0 Å². The minimum Gasteiger partial charge on any atom is -0.493 e. The number of rotatable bonds is 3. The van der Waals surface area contributed by atoms with Crippen molar-refractivity contribution in [2.24, 2.45) is 5.41 Å². The normalized spacial score (nSPS) is 25.0. The monoisotopic (exact) mass is 254 g/mol. The van der Waals surface area contributed by atoms with E-state index in [1.807, 2.05) is 13.8 Å². The molecule has 2 N–H and O–H groups in total. The summed E-state index contributed by atoms with van der Waals surface area (Å²) in [4.78, 5) is 0. The van der Waals surface area contributed by atoms with Crippen LogP contribution in [0.1, 0.15) is 31.4 Å². The number of halogens is 1. The maximum atomic E-state index is 13.8. The van der Waals surface area contributed by atoms with Gasteiger partial charge in [0, 0.05) is 24.0 Å². The van der Waals surface area contributed by atoms with Crippen molar-refractivity contribution in [3.63, 3.8) is 0 Å². The van der Waals surface area contributed by atoms with Crippen LogP contribution in [-0.4, -0.2) is 23.9 Å². The number of benzene rings is 1. The summed E-state index contributed by atoms with van der Waals surface area (Å²) in [6, 6.07) is 3.04. The highest BCUT2D eigenvalue weighted by Crippen LogP contribution is 2.55. The van der Waals surface area contributed by atoms with Crippen LogP contribution in [0.4, 0.5) is 4.39 Å². The fourth-order valence-corrected chi connectivity index (χ4v) is 2.98. The Morgan fingerprint density at radius 2 is 2.06 bits per heavy atom. The molecule has 100 valence electrons. The molecule has 3 nitrogen and oxygen atoms in total. The number of ether oxygens (including phenoxy) is 1. The van der Waals surface area contributed by atoms with Gasteiger partial charge in [0.05, 0.1) is 7.11 Å². The van der Waals surface area contributed by atoms with E-state index in [1.54, 1.807) is 6.07 Å². The van der Waals surface area contributed by atoms with Crippen molar-refractivity contribution in [3.05, 3.63) is 29.1 Å². The molecule has 0 heterocycles. The summed E-state index contributed by atoms with van der Waals surface area (Å²) >= 11 is 0. The second-order valence-corrected chi connectivity index (χ2v) is 5.51. The molecule has 1 aromatic carbocycles. The molecule has 0 amide bonds. The first-order valence-electron chi connectivity index (χ1n) is 6.06. The number of hydrogen-bond donors (Lipinski definition) is 2. The van der Waals surface area contributed by atoms with E-state index in [2.05, 4.69) is 0 Å². The summed E-state index contributed by atoms with van der Waals surface area (Å²) in [6.07, 6.45) is 0.808. The zero-order chi connectivity index (χ0) is 13.6. The van der Waals surface area contributed by atoms with Crippen molar-refractivity contribution in [1.29, 1.82) is 0 Å². The molecule has 18 heavy (non-hydrogen) atoms. The van der Waals surface area contributed by atoms with Crippen LogP contribution in [0.15, 0.2) is 12.1 Å². The molecule has 4 heteroatoms. The highest BCUT2D eigenvalue weighted by Gasteiger charge is 2.52. The third kappa shape index (κ3) is 1.63. The van der Waals surface area contributed by atoms with Crippen molar-refractivity contribution in [1.82, 2.24) is 0 Å². The first kappa shape index (κ1) is 13.3. The van der Waals surface area contributed by atoms with Gasteiger partial charge in [0.25, 0.3) is 0 Å². The molecule has 2 rings (SSSR count). The fraction of sp³-hybridized carbons (Fsp3) is 0.571. The SMILES string of the molecule is COc1c(F)ccc2c1C(O)(CCO)C(C)(C)C2. The molecule has 0 saturated heterocycles. The van der Waals surface area contributed by atoms with Crippen LogP contribution in [0.5, 0.6) is 5.75 Å². The molecule has 1 aliphatic rings. The average molecular weight is 254 g/mol. The lowest BCUT2D eigenvalue weighted by Crippen LogP contribution is -2.39. The number of fused-ring (bicyclic) bond motifs is 1. The van der Waals surface area contributed by atoms with Crippen LogP contribution in [0.25, 0.3) is 0 Å². The van der Waals surface area contributed by atoms with Crippen LogP contribution in [0.3, 0.4) is 0 Å². The quantitative estimate of drug-likeness (QED) is 0.867. The van der Waals surface area contributed by atoms with E-state index in [0.717, 1.165) is 5.56 Å². The molecular formula is C14H19FO3. The molecule has 1 aliphatic carbocycles. The maximum Gasteiger partial charge on any atom is 0.165 e. The maximum absolute atomic E-state index is 13.8. The van der Waals surface area contributed by atoms with Crippen molar-refractivity contribution < 1.29 is 19.3 Å². The molecule has 0 aromatic heterocycles. The van der Waals surface area contributed by atoms with Gasteiger partial charge in [0.2, 0.25) is 0 Å². The van der Waals surface area contributed by atoms with Crippen LogP contribution >= 0.6 is 0 Å². The largest absolute Gasteiger partial charge is 0.493 e. The lowest BCUT2D eigenvalue weighted by Gasteiger charge is -2.37. The lowest BCUT2D eigenvalue weighted by molar-refractivity contribution is -0.0766. The Kier molecular flexibility index (Phi) is 3.11. The van der Waals surface area contributed by atoms with Gasteiger partial charge in [-0.25, -0.2) is 4.39 Å². The Morgan fingerprint density at radius 3 is 2.61 bits per heavy atom. The van der Waals surface area contributed by atoms with Crippen molar-refractivity contribution in [3.8, 4) is 5.75 Å². The summed E-state index contributed by atoms with van der Waals surface area (Å²) in [5.74, 6) is -0.390. The summed E-state index contributed by atoms with van der Waals surface area (Å²) in [6.45, 7) is 3.68. The van der Waals surface area contributed by atoms with E-state index in [9.17, 15) is 14.6 Å². The molecule has 0 aliphatic heterocycles. The molecular weight excluding hydrogens is 235 g/mol. The topological polar surface area (TPSA) is 49.7 Å². The predicted molar refractivity (Wildman–Crippen MR) is 66.0 cm³/mol. The van der Waals surface area contributed by atoms with E-state index in [-0.39, 0.29) is 18.8 Å². The van der Waals surface area contributed by atoms with E-state index >= 15 is 0 Å². The average Bonchev–Trinajstić information content (AvgIpc) is 2.49. The van der Waals surface area contributed by atoms with Crippen LogP contribution in [0, 0.1) is 11.2 Å². The summed E-state index contributed by atoms with van der Waals surface area (Å²) in [5, 5.41) is 20.1. The minimum atomic E-state index is -1.26. The van der Waals surface area contributed by atoms with Gasteiger partial charge in [-0.2, -0.15) is 0 Å². The molecule has 0 spiro atoms. The Morgan fingerprint density at radius 1 is 1.39 bits per heavy atom. The van der Waals surface area contributed by atoms with Gasteiger partial charge in [-0.3, -0.25) is 0 Å². The second-order valence-electron chi connectivity index (χ2n) is 5.51. The van der Waals surface area contributed by atoms with Crippen LogP contribution in [-0.2, 0) is 12.0 Å². The van der Waals surface area contributed by atoms with Crippen LogP contribution < -0.4 is 4.74 Å². The second kappa shape index (κ2) is 4.21. The van der Waals surface area contributed by atoms with Crippen molar-refractivity contribution in [2.45, 2.75) is 32.3 Å². The smallest absolute Gasteiger partial charge is 0.165 e. The Bertz CT molecular complexity index is 470. The molecule has 1 aromatic rings. The fourth-order valence-electron chi connectivity index (χ4n) is 2.98. The van der Waals surface area contributed by atoms with Gasteiger partial charge in [0.15, 0.2) is 11.6 Å². The summed E-state index contributed by atoms with van der Waals surface area (Å²) < 4.78 is 18.9. The van der Waals surface area contributed by atoms with Gasteiger partial charge in [-0.1, -0.05) is 19.9 Å². The standard InChI is InChI=1S/C14H19FO3/c1-13(2)8-9-4-5-10(15)12(18-3)11(9)14(13,17)6-7-16/h4-5,16-17H,6-8H2,1-3H3. The summed E-state index contributed by atoms with van der Waals surface area (Å²) in [7, 11) is 1.39. The van der Waals surface area contributed by atoms with E-state index in [0.29, 0.717) is 12.0 Å². The highest BCUT2D eigenvalue weighted by atomic mass is 19.1. The van der Waals surface area contributed by atoms with E-state index in [1.165, 1.54) is 13.2 Å². The zero-order valence-electron chi connectivity index (χ0n) is 11.0. The van der Waals surface area contributed by atoms with E-state index in [4.69, 9.17) is 4.74 Å². The molecule has 0 bridgehead atoms. The van der Waals surface area contributed by atoms with Crippen molar-refractivity contribution in [2.75, 3.05) is 13.7 Å². The third-order valence-corrected chi connectivity index (χ3v) is 4.04. The van der Waals surface area contributed by atoms with Gasteiger partial charge in [-0.05, 0) is 18.1 Å². The van der Waals surface area contributed by atoms with Gasteiger partial charge in [0.1, 0.15) is 5.60 Å². The molecule has 1 unspecified atom stereocenters. The van der Waals surface area contributed by atoms with Gasteiger partial charge < -0.3 is 14.9 Å². The first-order valence-corrected chi connectivity index (χ1v) is 6.06. The Balaban J connectivity index is 2.68. The lowest BCUT2D eigenvalue weighted by atomic mass is 9.73. The number of methoxy groups -OCH3 is 1. The number of aliphatic hydroxyl groups excluding tert-OH is 1. The van der Waals surface area contributed by atoms with Crippen molar-refractivity contribution >= 4 is 0 Å².